The zero-order valence-corrected chi connectivity index (χ0v) is 17.6. The highest BCUT2D eigenvalue weighted by Crippen LogP contribution is 2.21. The standard InChI is InChI=1S/C24H30N2O3/c1-4-29-22-9-6-20(7-10-22)18-25-13-15-26(16-14-25)24(27)12-8-21-17-19(2)5-11-23(21)28-3/h5-12,17H,4,13-16,18H2,1-3H3/b12-8+. The van der Waals surface area contributed by atoms with Gasteiger partial charge in [-0.25, -0.2) is 0 Å². The summed E-state index contributed by atoms with van der Waals surface area (Å²) in [5, 5.41) is 0. The number of carbonyl (C=O) groups is 1. The molecule has 3 rings (SSSR count). The molecule has 1 fully saturated rings. The molecular weight excluding hydrogens is 364 g/mol. The summed E-state index contributed by atoms with van der Waals surface area (Å²) >= 11 is 0. The second-order valence-corrected chi connectivity index (χ2v) is 7.26. The number of carbonyl (C=O) groups excluding carboxylic acids is 1. The van der Waals surface area contributed by atoms with Gasteiger partial charge >= 0.3 is 0 Å². The maximum atomic E-state index is 12.6. The van der Waals surface area contributed by atoms with Crippen LogP contribution in [-0.2, 0) is 11.3 Å². The normalized spacial score (nSPS) is 14.9. The van der Waals surface area contributed by atoms with Gasteiger partial charge in [-0.2, -0.15) is 0 Å². The minimum atomic E-state index is 0.0503. The number of benzene rings is 2. The van der Waals surface area contributed by atoms with Gasteiger partial charge in [0.25, 0.3) is 0 Å². The van der Waals surface area contributed by atoms with Crippen LogP contribution >= 0.6 is 0 Å². The van der Waals surface area contributed by atoms with Gasteiger partial charge in [-0.3, -0.25) is 9.69 Å². The molecule has 0 atom stereocenters. The van der Waals surface area contributed by atoms with Crippen LogP contribution in [0.1, 0.15) is 23.6 Å². The first kappa shape index (κ1) is 20.9. The minimum absolute atomic E-state index is 0.0503. The number of rotatable bonds is 7. The largest absolute Gasteiger partial charge is 0.496 e. The van der Waals surface area contributed by atoms with Gasteiger partial charge in [0, 0.05) is 44.4 Å². The molecule has 0 bridgehead atoms. The summed E-state index contributed by atoms with van der Waals surface area (Å²) in [4.78, 5) is 16.9. The monoisotopic (exact) mass is 394 g/mol. The van der Waals surface area contributed by atoms with E-state index in [1.165, 1.54) is 5.56 Å². The van der Waals surface area contributed by atoms with Crippen LogP contribution in [0.3, 0.4) is 0 Å². The van der Waals surface area contributed by atoms with Crippen LogP contribution < -0.4 is 9.47 Å². The van der Waals surface area contributed by atoms with E-state index >= 15 is 0 Å². The Bertz CT molecular complexity index is 838. The van der Waals surface area contributed by atoms with Crippen molar-refractivity contribution in [2.45, 2.75) is 20.4 Å². The molecule has 1 aliphatic rings. The topological polar surface area (TPSA) is 42.0 Å². The zero-order valence-electron chi connectivity index (χ0n) is 17.6. The van der Waals surface area contributed by atoms with E-state index in [0.29, 0.717) is 6.61 Å². The van der Waals surface area contributed by atoms with Gasteiger partial charge in [0.05, 0.1) is 13.7 Å². The number of piperazine rings is 1. The summed E-state index contributed by atoms with van der Waals surface area (Å²) in [5.74, 6) is 1.73. The second kappa shape index (κ2) is 10.1. The van der Waals surface area contributed by atoms with Gasteiger partial charge in [-0.1, -0.05) is 23.8 Å². The molecule has 0 N–H and O–H groups in total. The summed E-state index contributed by atoms with van der Waals surface area (Å²) in [6.07, 6.45) is 3.50. The van der Waals surface area contributed by atoms with E-state index in [-0.39, 0.29) is 5.91 Å². The Hall–Kier alpha value is -2.79. The molecule has 2 aromatic rings. The summed E-state index contributed by atoms with van der Waals surface area (Å²) in [7, 11) is 1.65. The van der Waals surface area contributed by atoms with Crippen LogP contribution in [0.2, 0.25) is 0 Å². The Morgan fingerprint density at radius 1 is 1.07 bits per heavy atom. The van der Waals surface area contributed by atoms with Gasteiger partial charge in [-0.15, -0.1) is 0 Å². The van der Waals surface area contributed by atoms with Crippen molar-refractivity contribution in [3.8, 4) is 11.5 Å². The second-order valence-electron chi connectivity index (χ2n) is 7.26. The van der Waals surface area contributed by atoms with Gasteiger partial charge in [0.15, 0.2) is 0 Å². The number of aryl methyl sites for hydroxylation is 1. The fourth-order valence-electron chi connectivity index (χ4n) is 3.49. The SMILES string of the molecule is CCOc1ccc(CN2CCN(C(=O)/C=C/c3cc(C)ccc3OC)CC2)cc1. The minimum Gasteiger partial charge on any atom is -0.496 e. The molecular formula is C24H30N2O3. The molecule has 0 aliphatic carbocycles. The first-order valence-electron chi connectivity index (χ1n) is 10.1. The average molecular weight is 395 g/mol. The molecule has 1 saturated heterocycles. The van der Waals surface area contributed by atoms with Crippen molar-refractivity contribution >= 4 is 12.0 Å². The van der Waals surface area contributed by atoms with E-state index < -0.39 is 0 Å². The lowest BCUT2D eigenvalue weighted by Gasteiger charge is -2.34. The summed E-state index contributed by atoms with van der Waals surface area (Å²) in [6.45, 7) is 8.83. The molecule has 29 heavy (non-hydrogen) atoms. The van der Waals surface area contributed by atoms with Crippen LogP contribution in [0.25, 0.3) is 6.08 Å². The molecule has 5 heteroatoms. The van der Waals surface area contributed by atoms with E-state index in [9.17, 15) is 4.79 Å². The molecule has 2 aromatic carbocycles. The highest BCUT2D eigenvalue weighted by Gasteiger charge is 2.19. The molecule has 0 aromatic heterocycles. The predicted molar refractivity (Wildman–Crippen MR) is 116 cm³/mol. The number of methoxy groups -OCH3 is 1. The number of amides is 1. The lowest BCUT2D eigenvalue weighted by atomic mass is 10.1. The van der Waals surface area contributed by atoms with E-state index in [2.05, 4.69) is 17.0 Å². The van der Waals surface area contributed by atoms with E-state index in [1.54, 1.807) is 13.2 Å². The van der Waals surface area contributed by atoms with Gasteiger partial charge < -0.3 is 14.4 Å². The van der Waals surface area contributed by atoms with Crippen molar-refractivity contribution in [2.75, 3.05) is 39.9 Å². The van der Waals surface area contributed by atoms with E-state index in [1.807, 2.05) is 55.2 Å². The lowest BCUT2D eigenvalue weighted by Crippen LogP contribution is -2.47. The molecule has 0 radical (unpaired) electrons. The Morgan fingerprint density at radius 2 is 1.79 bits per heavy atom. The third-order valence-electron chi connectivity index (χ3n) is 5.12. The van der Waals surface area contributed by atoms with Crippen LogP contribution in [0.4, 0.5) is 0 Å². The van der Waals surface area contributed by atoms with E-state index in [0.717, 1.165) is 55.3 Å². The number of ether oxygens (including phenoxy) is 2. The van der Waals surface area contributed by atoms with Crippen molar-refractivity contribution in [1.29, 1.82) is 0 Å². The molecule has 5 nitrogen and oxygen atoms in total. The molecule has 1 heterocycles. The first-order valence-corrected chi connectivity index (χ1v) is 10.1. The number of hydrogen-bond donors (Lipinski definition) is 0. The molecule has 0 saturated carbocycles. The quantitative estimate of drug-likeness (QED) is 0.671. The Labute approximate surface area is 173 Å². The van der Waals surface area contributed by atoms with Crippen molar-refractivity contribution in [1.82, 2.24) is 9.80 Å². The molecule has 154 valence electrons. The first-order chi connectivity index (χ1) is 14.1. The van der Waals surface area contributed by atoms with Crippen LogP contribution in [0, 0.1) is 6.92 Å². The smallest absolute Gasteiger partial charge is 0.246 e. The Morgan fingerprint density at radius 3 is 2.45 bits per heavy atom. The van der Waals surface area contributed by atoms with Gasteiger partial charge in [0.1, 0.15) is 11.5 Å². The van der Waals surface area contributed by atoms with Crippen LogP contribution in [0.5, 0.6) is 11.5 Å². The lowest BCUT2D eigenvalue weighted by molar-refractivity contribution is -0.127. The number of nitrogens with zero attached hydrogens (tertiary/aromatic N) is 2. The maximum absolute atomic E-state index is 12.6. The molecule has 0 unspecified atom stereocenters. The third kappa shape index (κ3) is 5.84. The molecule has 1 aliphatic heterocycles. The molecule has 1 amide bonds. The van der Waals surface area contributed by atoms with Crippen LogP contribution in [0.15, 0.2) is 48.5 Å². The van der Waals surface area contributed by atoms with Crippen molar-refractivity contribution in [3.05, 3.63) is 65.2 Å². The van der Waals surface area contributed by atoms with E-state index in [4.69, 9.17) is 9.47 Å². The van der Waals surface area contributed by atoms with Crippen molar-refractivity contribution in [2.24, 2.45) is 0 Å². The Kier molecular flexibility index (Phi) is 7.30. The van der Waals surface area contributed by atoms with Crippen molar-refractivity contribution in [3.63, 3.8) is 0 Å². The highest BCUT2D eigenvalue weighted by atomic mass is 16.5. The fourth-order valence-corrected chi connectivity index (χ4v) is 3.49. The fraction of sp³-hybridized carbons (Fsp3) is 0.375. The van der Waals surface area contributed by atoms with Crippen LogP contribution in [-0.4, -0.2) is 55.6 Å². The molecule has 0 spiro atoms. The van der Waals surface area contributed by atoms with Crippen molar-refractivity contribution < 1.29 is 14.3 Å². The summed E-state index contributed by atoms with van der Waals surface area (Å²) in [5.41, 5.74) is 3.33. The predicted octanol–water partition coefficient (Wildman–Crippen LogP) is 3.76. The third-order valence-corrected chi connectivity index (χ3v) is 5.12. The summed E-state index contributed by atoms with van der Waals surface area (Å²) in [6, 6.07) is 14.2. The zero-order chi connectivity index (χ0) is 20.6. The maximum Gasteiger partial charge on any atom is 0.246 e. The van der Waals surface area contributed by atoms with Gasteiger partial charge in [0.2, 0.25) is 5.91 Å². The Balaban J connectivity index is 1.51. The van der Waals surface area contributed by atoms with Gasteiger partial charge in [-0.05, 0) is 49.8 Å². The average Bonchev–Trinajstić information content (AvgIpc) is 2.74. The number of hydrogen-bond acceptors (Lipinski definition) is 4. The highest BCUT2D eigenvalue weighted by molar-refractivity contribution is 5.92. The summed E-state index contributed by atoms with van der Waals surface area (Å²) < 4.78 is 10.9.